The topological polar surface area (TPSA) is 88.5 Å². The van der Waals surface area contributed by atoms with E-state index in [1.165, 1.54) is 0 Å². The molecule has 24 heavy (non-hydrogen) atoms. The van der Waals surface area contributed by atoms with Gasteiger partial charge in [0.15, 0.2) is 0 Å². The molecule has 2 saturated heterocycles. The molecular formula is C17H21N5O2. The number of carbonyl (C=O) groups is 1. The van der Waals surface area contributed by atoms with Crippen molar-refractivity contribution in [2.24, 2.45) is 5.73 Å². The third-order valence-electron chi connectivity index (χ3n) is 4.83. The van der Waals surface area contributed by atoms with Gasteiger partial charge in [-0.2, -0.15) is 4.98 Å². The molecule has 1 unspecified atom stereocenters. The molecule has 2 N–H and O–H groups in total. The van der Waals surface area contributed by atoms with E-state index in [0.29, 0.717) is 24.7 Å². The van der Waals surface area contributed by atoms with Crippen molar-refractivity contribution in [2.75, 3.05) is 31.6 Å². The van der Waals surface area contributed by atoms with Gasteiger partial charge in [0.2, 0.25) is 17.6 Å². The first-order chi connectivity index (χ1) is 11.5. The predicted octanol–water partition coefficient (Wildman–Crippen LogP) is 1.35. The van der Waals surface area contributed by atoms with Crippen LogP contribution in [0.25, 0.3) is 11.4 Å². The first-order valence-electron chi connectivity index (χ1n) is 8.28. The summed E-state index contributed by atoms with van der Waals surface area (Å²) >= 11 is 0. The summed E-state index contributed by atoms with van der Waals surface area (Å²) < 4.78 is 5.45. The number of hydrogen-bond acceptors (Lipinski definition) is 6. The number of likely N-dealkylation sites (N-methyl/N-ethyl adjacent to an activating group) is 1. The summed E-state index contributed by atoms with van der Waals surface area (Å²) in [6.45, 7) is 2.38. The maximum Gasteiger partial charge on any atom is 0.248 e. The van der Waals surface area contributed by atoms with Gasteiger partial charge in [-0.25, -0.2) is 0 Å². The highest BCUT2D eigenvalue weighted by atomic mass is 16.5. The van der Waals surface area contributed by atoms with Gasteiger partial charge in [0.05, 0.1) is 0 Å². The number of carbonyl (C=O) groups excluding carboxylic acids is 1. The molecule has 1 aromatic heterocycles. The quantitative estimate of drug-likeness (QED) is 0.915. The van der Waals surface area contributed by atoms with Gasteiger partial charge in [-0.3, -0.25) is 4.79 Å². The molecule has 2 aliphatic rings. The molecule has 2 aromatic rings. The van der Waals surface area contributed by atoms with Crippen LogP contribution < -0.4 is 10.6 Å². The molecular weight excluding hydrogens is 306 g/mol. The first kappa shape index (κ1) is 15.3. The summed E-state index contributed by atoms with van der Waals surface area (Å²) in [6.07, 6.45) is 2.31. The van der Waals surface area contributed by atoms with Gasteiger partial charge in [0, 0.05) is 37.3 Å². The fourth-order valence-electron chi connectivity index (χ4n) is 3.48. The van der Waals surface area contributed by atoms with Crippen LogP contribution >= 0.6 is 0 Å². The van der Waals surface area contributed by atoms with Gasteiger partial charge >= 0.3 is 0 Å². The van der Waals surface area contributed by atoms with Crippen LogP contribution in [0.3, 0.4) is 0 Å². The standard InChI is InChI=1S/C17H21N5O2/c1-21-9-7-17(18,11-21)16-19-15(20-24-16)12-4-2-5-13(10-12)22-8-3-6-14(22)23/h2,4-5,10H,3,6-9,11,18H2,1H3. The van der Waals surface area contributed by atoms with E-state index < -0.39 is 5.54 Å². The van der Waals surface area contributed by atoms with Crippen LogP contribution in [0, 0.1) is 0 Å². The SMILES string of the molecule is CN1CCC(N)(c2nc(-c3cccc(N4CCCC4=O)c3)no2)C1. The lowest BCUT2D eigenvalue weighted by atomic mass is 10.0. The van der Waals surface area contributed by atoms with Crippen molar-refractivity contribution in [2.45, 2.75) is 24.8 Å². The largest absolute Gasteiger partial charge is 0.337 e. The van der Waals surface area contributed by atoms with Gasteiger partial charge in [-0.1, -0.05) is 17.3 Å². The zero-order chi connectivity index (χ0) is 16.7. The highest BCUT2D eigenvalue weighted by molar-refractivity contribution is 5.95. The average Bonchev–Trinajstić information content (AvgIpc) is 3.28. The molecule has 0 aliphatic carbocycles. The summed E-state index contributed by atoms with van der Waals surface area (Å²) in [4.78, 5) is 20.4. The van der Waals surface area contributed by atoms with Crippen LogP contribution in [-0.4, -0.2) is 47.6 Å². The van der Waals surface area contributed by atoms with E-state index in [0.717, 1.165) is 37.2 Å². The van der Waals surface area contributed by atoms with Gasteiger partial charge in [-0.05, 0) is 32.0 Å². The number of anilines is 1. The predicted molar refractivity (Wildman–Crippen MR) is 89.3 cm³/mol. The lowest BCUT2D eigenvalue weighted by Gasteiger charge is -2.18. The van der Waals surface area contributed by atoms with Crippen molar-refractivity contribution in [1.29, 1.82) is 0 Å². The van der Waals surface area contributed by atoms with Crippen LogP contribution in [0.2, 0.25) is 0 Å². The van der Waals surface area contributed by atoms with Crippen molar-refractivity contribution in [3.63, 3.8) is 0 Å². The average molecular weight is 327 g/mol. The second-order valence-electron chi connectivity index (χ2n) is 6.77. The summed E-state index contributed by atoms with van der Waals surface area (Å²) in [5.41, 5.74) is 7.55. The normalized spacial score (nSPS) is 24.9. The van der Waals surface area contributed by atoms with Crippen LogP contribution in [0.1, 0.15) is 25.2 Å². The molecule has 0 spiro atoms. The van der Waals surface area contributed by atoms with Crippen LogP contribution in [0.15, 0.2) is 28.8 Å². The van der Waals surface area contributed by atoms with Crippen molar-refractivity contribution < 1.29 is 9.32 Å². The van der Waals surface area contributed by atoms with Gasteiger partial charge in [0.1, 0.15) is 5.54 Å². The lowest BCUT2D eigenvalue weighted by Crippen LogP contribution is -2.39. The second-order valence-corrected chi connectivity index (χ2v) is 6.77. The molecule has 4 rings (SSSR count). The van der Waals surface area contributed by atoms with Crippen LogP contribution in [-0.2, 0) is 10.3 Å². The number of benzene rings is 1. The summed E-state index contributed by atoms with van der Waals surface area (Å²) in [5, 5.41) is 4.10. The van der Waals surface area contributed by atoms with E-state index in [2.05, 4.69) is 15.0 Å². The lowest BCUT2D eigenvalue weighted by molar-refractivity contribution is -0.117. The number of rotatable bonds is 3. The van der Waals surface area contributed by atoms with E-state index in [-0.39, 0.29) is 5.91 Å². The van der Waals surface area contributed by atoms with Gasteiger partial charge < -0.3 is 20.1 Å². The Labute approximate surface area is 140 Å². The Balaban J connectivity index is 1.62. The van der Waals surface area contributed by atoms with Crippen LogP contribution in [0.5, 0.6) is 0 Å². The Morgan fingerprint density at radius 1 is 1.33 bits per heavy atom. The second kappa shape index (κ2) is 5.68. The Morgan fingerprint density at radius 2 is 2.21 bits per heavy atom. The summed E-state index contributed by atoms with van der Waals surface area (Å²) in [5.74, 6) is 1.15. The van der Waals surface area contributed by atoms with E-state index in [1.54, 1.807) is 4.90 Å². The third kappa shape index (κ3) is 2.59. The molecule has 2 fully saturated rings. The Bertz CT molecular complexity index is 774. The Kier molecular flexibility index (Phi) is 3.62. The first-order valence-corrected chi connectivity index (χ1v) is 8.28. The Morgan fingerprint density at radius 3 is 2.92 bits per heavy atom. The molecule has 1 atom stereocenters. The number of aromatic nitrogens is 2. The minimum atomic E-state index is -0.581. The minimum Gasteiger partial charge on any atom is -0.337 e. The maximum absolute atomic E-state index is 11.9. The van der Waals surface area contributed by atoms with Crippen molar-refractivity contribution in [3.05, 3.63) is 30.2 Å². The Hall–Kier alpha value is -2.25. The van der Waals surface area contributed by atoms with Gasteiger partial charge in [-0.15, -0.1) is 0 Å². The summed E-state index contributed by atoms with van der Waals surface area (Å²) in [6, 6.07) is 7.70. The van der Waals surface area contributed by atoms with Crippen molar-refractivity contribution in [3.8, 4) is 11.4 Å². The van der Waals surface area contributed by atoms with Crippen LogP contribution in [0.4, 0.5) is 5.69 Å². The fourth-order valence-corrected chi connectivity index (χ4v) is 3.48. The van der Waals surface area contributed by atoms with E-state index >= 15 is 0 Å². The number of amides is 1. The number of likely N-dealkylation sites (tertiary alicyclic amines) is 1. The number of nitrogens with two attached hydrogens (primary N) is 1. The highest BCUT2D eigenvalue weighted by Gasteiger charge is 2.39. The smallest absolute Gasteiger partial charge is 0.248 e. The van der Waals surface area contributed by atoms with E-state index in [9.17, 15) is 4.79 Å². The van der Waals surface area contributed by atoms with E-state index in [4.69, 9.17) is 10.3 Å². The third-order valence-corrected chi connectivity index (χ3v) is 4.83. The van der Waals surface area contributed by atoms with Crippen molar-refractivity contribution in [1.82, 2.24) is 15.0 Å². The zero-order valence-corrected chi connectivity index (χ0v) is 13.7. The van der Waals surface area contributed by atoms with E-state index in [1.807, 2.05) is 31.3 Å². The molecule has 1 amide bonds. The zero-order valence-electron chi connectivity index (χ0n) is 13.7. The molecule has 0 radical (unpaired) electrons. The fraction of sp³-hybridized carbons (Fsp3) is 0.471. The summed E-state index contributed by atoms with van der Waals surface area (Å²) in [7, 11) is 2.03. The molecule has 0 saturated carbocycles. The van der Waals surface area contributed by atoms with Crippen molar-refractivity contribution >= 4 is 11.6 Å². The highest BCUT2D eigenvalue weighted by Crippen LogP contribution is 2.30. The minimum absolute atomic E-state index is 0.163. The molecule has 0 bridgehead atoms. The molecule has 1 aromatic carbocycles. The van der Waals surface area contributed by atoms with Gasteiger partial charge in [0.25, 0.3) is 0 Å². The molecule has 7 nitrogen and oxygen atoms in total. The number of hydrogen-bond donors (Lipinski definition) is 1. The molecule has 7 heteroatoms. The molecule has 126 valence electrons. The number of nitrogens with zero attached hydrogens (tertiary/aromatic N) is 4. The molecule has 2 aliphatic heterocycles. The maximum atomic E-state index is 11.9. The molecule has 3 heterocycles. The monoisotopic (exact) mass is 327 g/mol.